The van der Waals surface area contributed by atoms with Gasteiger partial charge in [0, 0.05) is 30.9 Å². The van der Waals surface area contributed by atoms with Gasteiger partial charge < -0.3 is 5.32 Å². The summed E-state index contributed by atoms with van der Waals surface area (Å²) >= 11 is 0. The minimum Gasteiger partial charge on any atom is -0.310 e. The summed E-state index contributed by atoms with van der Waals surface area (Å²) in [4.78, 5) is 0. The molecule has 3 heteroatoms. The highest BCUT2D eigenvalue weighted by Gasteiger charge is 2.05. The van der Waals surface area contributed by atoms with E-state index in [9.17, 15) is 0 Å². The number of nitrogens with one attached hydrogen (secondary N) is 1. The maximum atomic E-state index is 4.22. The second-order valence-electron chi connectivity index (χ2n) is 4.03. The molecule has 0 radical (unpaired) electrons. The number of hydrogen-bond donors (Lipinski definition) is 1. The fourth-order valence-corrected chi connectivity index (χ4v) is 1.47. The van der Waals surface area contributed by atoms with E-state index in [1.165, 1.54) is 11.3 Å². The summed E-state index contributed by atoms with van der Waals surface area (Å²) in [6.07, 6.45) is 6.11. The van der Waals surface area contributed by atoms with Crippen LogP contribution in [0.5, 0.6) is 0 Å². The molecule has 1 unspecified atom stereocenters. The standard InChI is InChI=1S/C12H21N3/c1-5-6-7-10(2)13-8-12-9-14-15(4)11(12)3/h5,9-10,13H,1,6-8H2,2-4H3. The van der Waals surface area contributed by atoms with Gasteiger partial charge in [0.25, 0.3) is 0 Å². The molecule has 0 amide bonds. The molecule has 0 saturated carbocycles. The van der Waals surface area contributed by atoms with E-state index in [0.29, 0.717) is 6.04 Å². The van der Waals surface area contributed by atoms with E-state index in [0.717, 1.165) is 19.4 Å². The summed E-state index contributed by atoms with van der Waals surface area (Å²) in [7, 11) is 1.97. The van der Waals surface area contributed by atoms with Crippen LogP contribution in [0.4, 0.5) is 0 Å². The Morgan fingerprint density at radius 2 is 2.40 bits per heavy atom. The number of aromatic nitrogens is 2. The number of allylic oxidation sites excluding steroid dienone is 1. The highest BCUT2D eigenvalue weighted by Crippen LogP contribution is 2.06. The van der Waals surface area contributed by atoms with E-state index in [1.54, 1.807) is 0 Å². The summed E-state index contributed by atoms with van der Waals surface area (Å²) in [5.74, 6) is 0. The van der Waals surface area contributed by atoms with Crippen LogP contribution in [-0.4, -0.2) is 15.8 Å². The molecule has 0 bridgehead atoms. The first-order valence-corrected chi connectivity index (χ1v) is 5.47. The fraction of sp³-hybridized carbons (Fsp3) is 0.583. The first-order chi connectivity index (χ1) is 7.15. The molecule has 1 N–H and O–H groups in total. The van der Waals surface area contributed by atoms with Crippen LogP contribution in [0.3, 0.4) is 0 Å². The van der Waals surface area contributed by atoms with Crippen LogP contribution in [0.15, 0.2) is 18.9 Å². The summed E-state index contributed by atoms with van der Waals surface area (Å²) < 4.78 is 1.91. The zero-order chi connectivity index (χ0) is 11.3. The first kappa shape index (κ1) is 12.0. The minimum absolute atomic E-state index is 0.530. The van der Waals surface area contributed by atoms with Crippen LogP contribution in [0, 0.1) is 6.92 Å². The van der Waals surface area contributed by atoms with Gasteiger partial charge in [-0.2, -0.15) is 5.10 Å². The van der Waals surface area contributed by atoms with Crippen molar-refractivity contribution >= 4 is 0 Å². The van der Waals surface area contributed by atoms with Crippen LogP contribution < -0.4 is 5.32 Å². The molecule has 1 atom stereocenters. The molecule has 1 heterocycles. The van der Waals surface area contributed by atoms with Gasteiger partial charge in [-0.25, -0.2) is 0 Å². The Morgan fingerprint density at radius 3 is 2.93 bits per heavy atom. The predicted octanol–water partition coefficient (Wildman–Crippen LogP) is 2.17. The van der Waals surface area contributed by atoms with Gasteiger partial charge in [-0.3, -0.25) is 4.68 Å². The highest BCUT2D eigenvalue weighted by molar-refractivity contribution is 5.15. The molecule has 0 aliphatic heterocycles. The van der Waals surface area contributed by atoms with Crippen LogP contribution in [-0.2, 0) is 13.6 Å². The van der Waals surface area contributed by atoms with Crippen molar-refractivity contribution < 1.29 is 0 Å². The van der Waals surface area contributed by atoms with Crippen molar-refractivity contribution in [3.05, 3.63) is 30.1 Å². The van der Waals surface area contributed by atoms with E-state index in [1.807, 2.05) is 24.0 Å². The van der Waals surface area contributed by atoms with Crippen LogP contribution in [0.25, 0.3) is 0 Å². The SMILES string of the molecule is C=CCCC(C)NCc1cnn(C)c1C. The Labute approximate surface area is 92.2 Å². The molecule has 1 aromatic heterocycles. The lowest BCUT2D eigenvalue weighted by molar-refractivity contribution is 0.517. The highest BCUT2D eigenvalue weighted by atomic mass is 15.3. The molecule has 1 aromatic rings. The molecule has 0 spiro atoms. The molecule has 84 valence electrons. The molecular weight excluding hydrogens is 186 g/mol. The van der Waals surface area contributed by atoms with E-state index < -0.39 is 0 Å². The largest absolute Gasteiger partial charge is 0.310 e. The summed E-state index contributed by atoms with van der Waals surface area (Å²) in [5, 5.41) is 7.70. The summed E-state index contributed by atoms with van der Waals surface area (Å²) in [6, 6.07) is 0.530. The van der Waals surface area contributed by atoms with Crippen molar-refractivity contribution in [2.75, 3.05) is 0 Å². The fourth-order valence-electron chi connectivity index (χ4n) is 1.47. The Morgan fingerprint density at radius 1 is 1.67 bits per heavy atom. The summed E-state index contributed by atoms with van der Waals surface area (Å²) in [5.41, 5.74) is 2.52. The van der Waals surface area contributed by atoms with Gasteiger partial charge >= 0.3 is 0 Å². The van der Waals surface area contributed by atoms with E-state index in [4.69, 9.17) is 0 Å². The van der Waals surface area contributed by atoms with Crippen molar-refractivity contribution in [3.63, 3.8) is 0 Å². The van der Waals surface area contributed by atoms with Crippen molar-refractivity contribution in [3.8, 4) is 0 Å². The Bertz CT molecular complexity index is 315. The topological polar surface area (TPSA) is 29.9 Å². The second kappa shape index (κ2) is 5.71. The zero-order valence-corrected chi connectivity index (χ0v) is 9.95. The van der Waals surface area contributed by atoms with Crippen LogP contribution >= 0.6 is 0 Å². The third-order valence-electron chi connectivity index (χ3n) is 2.78. The zero-order valence-electron chi connectivity index (χ0n) is 9.95. The second-order valence-corrected chi connectivity index (χ2v) is 4.03. The minimum atomic E-state index is 0.530. The number of rotatable bonds is 6. The predicted molar refractivity (Wildman–Crippen MR) is 63.7 cm³/mol. The monoisotopic (exact) mass is 207 g/mol. The molecule has 0 fully saturated rings. The first-order valence-electron chi connectivity index (χ1n) is 5.47. The van der Waals surface area contributed by atoms with Crippen LogP contribution in [0.1, 0.15) is 31.0 Å². The Kier molecular flexibility index (Phi) is 4.56. The molecular formula is C12H21N3. The Hall–Kier alpha value is -1.09. The molecule has 0 aliphatic rings. The lowest BCUT2D eigenvalue weighted by Crippen LogP contribution is -2.25. The lowest BCUT2D eigenvalue weighted by Gasteiger charge is -2.12. The lowest BCUT2D eigenvalue weighted by atomic mass is 10.1. The van der Waals surface area contributed by atoms with Gasteiger partial charge in [0.05, 0.1) is 6.20 Å². The van der Waals surface area contributed by atoms with Crippen molar-refractivity contribution in [2.45, 2.75) is 39.3 Å². The average molecular weight is 207 g/mol. The molecule has 3 nitrogen and oxygen atoms in total. The van der Waals surface area contributed by atoms with Crippen LogP contribution in [0.2, 0.25) is 0 Å². The van der Waals surface area contributed by atoms with Crippen molar-refractivity contribution in [1.82, 2.24) is 15.1 Å². The van der Waals surface area contributed by atoms with Gasteiger partial charge in [0.15, 0.2) is 0 Å². The third-order valence-corrected chi connectivity index (χ3v) is 2.78. The van der Waals surface area contributed by atoms with Gasteiger partial charge in [0.1, 0.15) is 0 Å². The van der Waals surface area contributed by atoms with E-state index in [-0.39, 0.29) is 0 Å². The normalized spacial score (nSPS) is 12.7. The molecule has 0 aliphatic carbocycles. The number of aryl methyl sites for hydroxylation is 1. The number of hydrogen-bond acceptors (Lipinski definition) is 2. The molecule has 0 aromatic carbocycles. The number of nitrogens with zero attached hydrogens (tertiary/aromatic N) is 2. The van der Waals surface area contributed by atoms with Crippen molar-refractivity contribution in [1.29, 1.82) is 0 Å². The smallest absolute Gasteiger partial charge is 0.0537 e. The van der Waals surface area contributed by atoms with Gasteiger partial charge in [-0.15, -0.1) is 6.58 Å². The molecule has 15 heavy (non-hydrogen) atoms. The maximum absolute atomic E-state index is 4.22. The third kappa shape index (κ3) is 3.51. The van der Waals surface area contributed by atoms with Gasteiger partial charge in [-0.1, -0.05) is 6.08 Å². The van der Waals surface area contributed by atoms with Gasteiger partial charge in [0.2, 0.25) is 0 Å². The quantitative estimate of drug-likeness (QED) is 0.725. The van der Waals surface area contributed by atoms with E-state index >= 15 is 0 Å². The maximum Gasteiger partial charge on any atom is 0.0537 e. The van der Waals surface area contributed by atoms with E-state index in [2.05, 4.69) is 30.8 Å². The molecule has 1 rings (SSSR count). The average Bonchev–Trinajstić information content (AvgIpc) is 2.54. The van der Waals surface area contributed by atoms with Gasteiger partial charge in [-0.05, 0) is 26.7 Å². The molecule has 0 saturated heterocycles. The van der Waals surface area contributed by atoms with Crippen molar-refractivity contribution in [2.24, 2.45) is 7.05 Å². The Balaban J connectivity index is 2.36. The summed E-state index contributed by atoms with van der Waals surface area (Å²) in [6.45, 7) is 8.93.